The molecular weight excluding hydrogens is 228 g/mol. The first-order valence-corrected chi connectivity index (χ1v) is 5.41. The third kappa shape index (κ3) is 3.43. The summed E-state index contributed by atoms with van der Waals surface area (Å²) in [7, 11) is 0. The minimum atomic E-state index is -0.897. The quantitative estimate of drug-likeness (QED) is 0.786. The van der Waals surface area contributed by atoms with Crippen molar-refractivity contribution < 1.29 is 4.79 Å². The maximum Gasteiger partial charge on any atom is 0.245 e. The average Bonchev–Trinajstić information content (AvgIpc) is 2.17. The molecular formula is C10H15ClN4O. The first kappa shape index (κ1) is 12.9. The predicted octanol–water partition coefficient (Wildman–Crippen LogP) is 1.59. The van der Waals surface area contributed by atoms with Crippen LogP contribution in [0.4, 0.5) is 5.82 Å². The van der Waals surface area contributed by atoms with E-state index in [1.54, 1.807) is 6.92 Å². The summed E-state index contributed by atoms with van der Waals surface area (Å²) in [6, 6.07) is 1.47. The summed E-state index contributed by atoms with van der Waals surface area (Å²) in [6.45, 7) is 3.66. The van der Waals surface area contributed by atoms with Crippen LogP contribution in [0.3, 0.4) is 0 Å². The van der Waals surface area contributed by atoms with Gasteiger partial charge in [-0.15, -0.1) is 0 Å². The molecule has 1 aromatic rings. The second kappa shape index (κ2) is 5.23. The number of hydrogen-bond donors (Lipinski definition) is 2. The molecule has 88 valence electrons. The molecule has 0 aliphatic rings. The molecule has 0 aliphatic carbocycles. The zero-order valence-electron chi connectivity index (χ0n) is 9.33. The van der Waals surface area contributed by atoms with Crippen LogP contribution < -0.4 is 11.1 Å². The van der Waals surface area contributed by atoms with Crippen molar-refractivity contribution in [1.29, 1.82) is 0 Å². The molecule has 0 aliphatic heterocycles. The van der Waals surface area contributed by atoms with Gasteiger partial charge in [0, 0.05) is 6.07 Å². The highest BCUT2D eigenvalue weighted by atomic mass is 35.5. The van der Waals surface area contributed by atoms with Crippen LogP contribution in [-0.2, 0) is 4.79 Å². The van der Waals surface area contributed by atoms with Crippen LogP contribution in [0.5, 0.6) is 0 Å². The Morgan fingerprint density at radius 1 is 1.62 bits per heavy atom. The summed E-state index contributed by atoms with van der Waals surface area (Å²) in [6.07, 6.45) is 2.73. The Bertz CT molecular complexity index is 381. The number of hydrogen-bond acceptors (Lipinski definition) is 4. The lowest BCUT2D eigenvalue weighted by Gasteiger charge is -2.22. The summed E-state index contributed by atoms with van der Waals surface area (Å²) >= 11 is 5.67. The van der Waals surface area contributed by atoms with Crippen LogP contribution >= 0.6 is 11.6 Å². The number of halogens is 1. The highest BCUT2D eigenvalue weighted by Gasteiger charge is 2.27. The fraction of sp³-hybridized carbons (Fsp3) is 0.500. The number of anilines is 1. The molecule has 16 heavy (non-hydrogen) atoms. The van der Waals surface area contributed by atoms with Crippen molar-refractivity contribution in [2.45, 2.75) is 32.2 Å². The van der Waals surface area contributed by atoms with Crippen molar-refractivity contribution in [2.75, 3.05) is 5.32 Å². The van der Waals surface area contributed by atoms with Crippen molar-refractivity contribution in [3.05, 3.63) is 17.5 Å². The summed E-state index contributed by atoms with van der Waals surface area (Å²) < 4.78 is 0. The zero-order valence-corrected chi connectivity index (χ0v) is 10.1. The van der Waals surface area contributed by atoms with E-state index >= 15 is 0 Å². The highest BCUT2D eigenvalue weighted by Crippen LogP contribution is 2.13. The van der Waals surface area contributed by atoms with Crippen molar-refractivity contribution in [1.82, 2.24) is 9.97 Å². The van der Waals surface area contributed by atoms with Crippen LogP contribution in [-0.4, -0.2) is 21.4 Å². The molecule has 6 heteroatoms. The summed E-state index contributed by atoms with van der Waals surface area (Å²) in [5.74, 6) is 0.0851. The standard InChI is InChI=1S/C10H15ClN4O/c1-3-4-10(2,12)9(16)15-8-5-7(11)13-6-14-8/h5-6H,3-4,12H2,1-2H3,(H,13,14,15,16). The van der Waals surface area contributed by atoms with Gasteiger partial charge in [-0.2, -0.15) is 0 Å². The molecule has 1 aromatic heterocycles. The number of aromatic nitrogens is 2. The van der Waals surface area contributed by atoms with E-state index in [9.17, 15) is 4.79 Å². The number of amides is 1. The normalized spacial score (nSPS) is 14.2. The van der Waals surface area contributed by atoms with Crippen LogP contribution in [0.2, 0.25) is 5.15 Å². The van der Waals surface area contributed by atoms with Gasteiger partial charge in [-0.25, -0.2) is 9.97 Å². The number of nitrogens with two attached hydrogens (primary N) is 1. The van der Waals surface area contributed by atoms with E-state index in [1.165, 1.54) is 12.4 Å². The number of rotatable bonds is 4. The lowest BCUT2D eigenvalue weighted by atomic mass is 9.97. The molecule has 3 N–H and O–H groups in total. The minimum absolute atomic E-state index is 0.274. The molecule has 1 heterocycles. The molecule has 1 atom stereocenters. The molecule has 0 saturated heterocycles. The van der Waals surface area contributed by atoms with Gasteiger partial charge in [0.2, 0.25) is 5.91 Å². The Balaban J connectivity index is 2.71. The number of nitrogens with one attached hydrogen (secondary N) is 1. The first-order valence-electron chi connectivity index (χ1n) is 5.03. The SMILES string of the molecule is CCCC(C)(N)C(=O)Nc1cc(Cl)ncn1. The molecule has 0 radical (unpaired) electrons. The third-order valence-corrected chi connectivity index (χ3v) is 2.37. The zero-order chi connectivity index (χ0) is 12.2. The van der Waals surface area contributed by atoms with E-state index in [0.717, 1.165) is 6.42 Å². The van der Waals surface area contributed by atoms with E-state index in [0.29, 0.717) is 12.2 Å². The molecule has 0 spiro atoms. The van der Waals surface area contributed by atoms with Gasteiger partial charge in [-0.1, -0.05) is 24.9 Å². The molecule has 0 fully saturated rings. The van der Waals surface area contributed by atoms with E-state index in [2.05, 4.69) is 15.3 Å². The lowest BCUT2D eigenvalue weighted by Crippen LogP contribution is -2.48. The van der Waals surface area contributed by atoms with Gasteiger partial charge in [0.05, 0.1) is 5.54 Å². The predicted molar refractivity (Wildman–Crippen MR) is 63.2 cm³/mol. The minimum Gasteiger partial charge on any atom is -0.318 e. The van der Waals surface area contributed by atoms with Crippen LogP contribution in [0.1, 0.15) is 26.7 Å². The Morgan fingerprint density at radius 3 is 2.88 bits per heavy atom. The molecule has 0 bridgehead atoms. The maximum atomic E-state index is 11.8. The van der Waals surface area contributed by atoms with Crippen LogP contribution in [0, 0.1) is 0 Å². The maximum absolute atomic E-state index is 11.8. The molecule has 5 nitrogen and oxygen atoms in total. The summed E-state index contributed by atoms with van der Waals surface area (Å²) in [4.78, 5) is 19.4. The van der Waals surface area contributed by atoms with E-state index in [-0.39, 0.29) is 11.1 Å². The smallest absolute Gasteiger partial charge is 0.245 e. The summed E-state index contributed by atoms with van der Waals surface area (Å²) in [5.41, 5.74) is 4.97. The monoisotopic (exact) mass is 242 g/mol. The number of carbonyl (C=O) groups excluding carboxylic acids is 1. The van der Waals surface area contributed by atoms with Crippen molar-refractivity contribution >= 4 is 23.3 Å². The van der Waals surface area contributed by atoms with Gasteiger partial charge in [-0.3, -0.25) is 4.79 Å². The van der Waals surface area contributed by atoms with Gasteiger partial charge < -0.3 is 11.1 Å². The summed E-state index contributed by atoms with van der Waals surface area (Å²) in [5, 5.41) is 2.89. The average molecular weight is 243 g/mol. The van der Waals surface area contributed by atoms with Gasteiger partial charge in [0.1, 0.15) is 17.3 Å². The molecule has 1 unspecified atom stereocenters. The Hall–Kier alpha value is -1.20. The van der Waals surface area contributed by atoms with Crippen LogP contribution in [0.25, 0.3) is 0 Å². The molecule has 0 saturated carbocycles. The first-order chi connectivity index (χ1) is 7.45. The molecule has 1 rings (SSSR count). The van der Waals surface area contributed by atoms with Crippen LogP contribution in [0.15, 0.2) is 12.4 Å². The van der Waals surface area contributed by atoms with Crippen molar-refractivity contribution in [2.24, 2.45) is 5.73 Å². The Morgan fingerprint density at radius 2 is 2.31 bits per heavy atom. The second-order valence-corrected chi connectivity index (χ2v) is 4.23. The largest absolute Gasteiger partial charge is 0.318 e. The van der Waals surface area contributed by atoms with Crippen molar-refractivity contribution in [3.63, 3.8) is 0 Å². The van der Waals surface area contributed by atoms with E-state index in [1.807, 2.05) is 6.92 Å². The van der Waals surface area contributed by atoms with E-state index in [4.69, 9.17) is 17.3 Å². The number of carbonyl (C=O) groups is 1. The number of nitrogens with zero attached hydrogens (tertiary/aromatic N) is 2. The topological polar surface area (TPSA) is 80.9 Å². The Labute approximate surface area is 99.4 Å². The lowest BCUT2D eigenvalue weighted by molar-refractivity contribution is -0.120. The third-order valence-electron chi connectivity index (χ3n) is 2.16. The fourth-order valence-electron chi connectivity index (χ4n) is 1.29. The van der Waals surface area contributed by atoms with Gasteiger partial charge in [0.15, 0.2) is 0 Å². The molecule has 0 aromatic carbocycles. The van der Waals surface area contributed by atoms with Gasteiger partial charge in [0.25, 0.3) is 0 Å². The van der Waals surface area contributed by atoms with Crippen molar-refractivity contribution in [3.8, 4) is 0 Å². The second-order valence-electron chi connectivity index (χ2n) is 3.85. The Kier molecular flexibility index (Phi) is 4.20. The van der Waals surface area contributed by atoms with Gasteiger partial charge in [-0.05, 0) is 13.3 Å². The highest BCUT2D eigenvalue weighted by molar-refractivity contribution is 6.29. The van der Waals surface area contributed by atoms with Gasteiger partial charge >= 0.3 is 0 Å². The van der Waals surface area contributed by atoms with E-state index < -0.39 is 5.54 Å². The fourth-order valence-corrected chi connectivity index (χ4v) is 1.44. The molecule has 1 amide bonds.